The van der Waals surface area contributed by atoms with Gasteiger partial charge in [0.2, 0.25) is 5.91 Å². The van der Waals surface area contributed by atoms with Crippen LogP contribution in [0.15, 0.2) is 15.5 Å². The number of nitrogens with zero attached hydrogens (tertiary/aromatic N) is 1. The largest absolute Gasteiger partial charge is 0.374 e. The molecule has 0 fully saturated rings. The molecule has 0 aromatic carbocycles. The summed E-state index contributed by atoms with van der Waals surface area (Å²) in [5.41, 5.74) is -0.133. The van der Waals surface area contributed by atoms with Gasteiger partial charge in [0.05, 0.1) is 18.4 Å². The first kappa shape index (κ1) is 13.7. The Morgan fingerprint density at radius 3 is 2.76 bits per heavy atom. The zero-order valence-corrected chi connectivity index (χ0v) is 11.5. The number of nitrogens with one attached hydrogen (secondary N) is 3. The number of halogens is 1. The Labute approximate surface area is 107 Å². The third-order valence-corrected chi connectivity index (χ3v) is 2.54. The zero-order valence-electron chi connectivity index (χ0n) is 9.93. The van der Waals surface area contributed by atoms with Gasteiger partial charge in [0, 0.05) is 5.54 Å². The highest BCUT2D eigenvalue weighted by Gasteiger charge is 2.13. The van der Waals surface area contributed by atoms with Crippen molar-refractivity contribution in [2.75, 3.05) is 11.9 Å². The van der Waals surface area contributed by atoms with Gasteiger partial charge in [-0.1, -0.05) is 0 Å². The summed E-state index contributed by atoms with van der Waals surface area (Å²) in [6.07, 6.45) is 1.44. The fraction of sp³-hybridized carbons (Fsp3) is 0.500. The van der Waals surface area contributed by atoms with Crippen LogP contribution in [0.25, 0.3) is 0 Å². The molecule has 0 saturated carbocycles. The Morgan fingerprint density at radius 1 is 1.53 bits per heavy atom. The van der Waals surface area contributed by atoms with E-state index < -0.39 is 0 Å². The second-order valence-corrected chi connectivity index (χ2v) is 5.37. The van der Waals surface area contributed by atoms with Crippen molar-refractivity contribution in [2.45, 2.75) is 26.3 Å². The second kappa shape index (κ2) is 5.31. The Balaban J connectivity index is 2.60. The van der Waals surface area contributed by atoms with Crippen LogP contribution in [0.1, 0.15) is 20.8 Å². The SMILES string of the molecule is CC(C)(C)NC(=O)CNc1cn[nH]c(=O)c1Br. The molecule has 0 saturated heterocycles. The minimum atomic E-state index is -0.341. The highest BCUT2D eigenvalue weighted by Crippen LogP contribution is 2.14. The highest BCUT2D eigenvalue weighted by atomic mass is 79.9. The Kier molecular flexibility index (Phi) is 4.28. The van der Waals surface area contributed by atoms with Gasteiger partial charge in [-0.15, -0.1) is 0 Å². The average Bonchev–Trinajstić information content (AvgIpc) is 2.18. The summed E-state index contributed by atoms with van der Waals surface area (Å²) in [6.45, 7) is 5.78. The minimum Gasteiger partial charge on any atom is -0.374 e. The minimum absolute atomic E-state index is 0.0843. The summed E-state index contributed by atoms with van der Waals surface area (Å²) in [6, 6.07) is 0. The third kappa shape index (κ3) is 4.56. The van der Waals surface area contributed by atoms with Crippen LogP contribution in [0.3, 0.4) is 0 Å². The number of aromatic amines is 1. The topological polar surface area (TPSA) is 86.9 Å². The Hall–Kier alpha value is -1.37. The fourth-order valence-corrected chi connectivity index (χ4v) is 1.48. The molecule has 3 N–H and O–H groups in total. The normalized spacial score (nSPS) is 11.1. The van der Waals surface area contributed by atoms with Crippen LogP contribution in [0.5, 0.6) is 0 Å². The van der Waals surface area contributed by atoms with Crippen molar-refractivity contribution in [1.82, 2.24) is 15.5 Å². The lowest BCUT2D eigenvalue weighted by molar-refractivity contribution is -0.120. The van der Waals surface area contributed by atoms with Crippen LogP contribution in [-0.2, 0) is 4.79 Å². The van der Waals surface area contributed by atoms with Gasteiger partial charge in [-0.2, -0.15) is 5.10 Å². The standard InChI is InChI=1S/C10H15BrN4O2/c1-10(2,3)14-7(16)5-12-6-4-13-15-9(17)8(6)11/h4H,5H2,1-3H3,(H,14,16)(H2,12,15,17). The monoisotopic (exact) mass is 302 g/mol. The van der Waals surface area contributed by atoms with E-state index in [2.05, 4.69) is 36.8 Å². The number of H-pyrrole nitrogens is 1. The maximum absolute atomic E-state index is 11.5. The molecule has 1 amide bonds. The van der Waals surface area contributed by atoms with Crippen LogP contribution in [0.4, 0.5) is 5.69 Å². The van der Waals surface area contributed by atoms with Gasteiger partial charge in [0.25, 0.3) is 5.56 Å². The predicted molar refractivity (Wildman–Crippen MR) is 68.9 cm³/mol. The van der Waals surface area contributed by atoms with E-state index in [4.69, 9.17) is 0 Å². The molecule has 1 aromatic rings. The summed E-state index contributed by atoms with van der Waals surface area (Å²) in [7, 11) is 0. The zero-order chi connectivity index (χ0) is 13.1. The summed E-state index contributed by atoms with van der Waals surface area (Å²) in [4.78, 5) is 22.7. The molecule has 0 aliphatic heterocycles. The van der Waals surface area contributed by atoms with Gasteiger partial charge >= 0.3 is 0 Å². The van der Waals surface area contributed by atoms with Crippen molar-refractivity contribution in [1.29, 1.82) is 0 Å². The Morgan fingerprint density at radius 2 is 2.18 bits per heavy atom. The molecule has 0 spiro atoms. The van der Waals surface area contributed by atoms with Crippen LogP contribution >= 0.6 is 15.9 Å². The molecule has 0 radical (unpaired) electrons. The molecule has 0 aliphatic carbocycles. The van der Waals surface area contributed by atoms with Gasteiger partial charge in [0.1, 0.15) is 4.47 Å². The van der Waals surface area contributed by atoms with Gasteiger partial charge in [-0.05, 0) is 36.7 Å². The first-order valence-electron chi connectivity index (χ1n) is 5.07. The summed E-state index contributed by atoms with van der Waals surface area (Å²) in [5.74, 6) is -0.148. The van der Waals surface area contributed by atoms with Crippen LogP contribution < -0.4 is 16.2 Å². The molecule has 1 rings (SSSR count). The van der Waals surface area contributed by atoms with Gasteiger partial charge < -0.3 is 10.6 Å². The highest BCUT2D eigenvalue weighted by molar-refractivity contribution is 9.10. The molecule has 1 heterocycles. The molecule has 1 aromatic heterocycles. The molecule has 6 nitrogen and oxygen atoms in total. The van der Waals surface area contributed by atoms with Crippen molar-refractivity contribution < 1.29 is 4.79 Å². The fourth-order valence-electron chi connectivity index (χ4n) is 1.14. The molecule has 0 aliphatic rings. The van der Waals surface area contributed by atoms with E-state index in [1.54, 1.807) is 0 Å². The number of anilines is 1. The van der Waals surface area contributed by atoms with Crippen molar-refractivity contribution in [2.24, 2.45) is 0 Å². The van der Waals surface area contributed by atoms with E-state index >= 15 is 0 Å². The predicted octanol–water partition coefficient (Wildman–Crippen LogP) is 0.859. The van der Waals surface area contributed by atoms with Gasteiger partial charge in [0.15, 0.2) is 0 Å². The number of hydrogen-bond donors (Lipinski definition) is 3. The Bertz CT molecular complexity index is 464. The van der Waals surface area contributed by atoms with Crippen molar-refractivity contribution in [3.05, 3.63) is 21.0 Å². The lowest BCUT2D eigenvalue weighted by Crippen LogP contribution is -2.43. The van der Waals surface area contributed by atoms with Crippen LogP contribution in [0.2, 0.25) is 0 Å². The van der Waals surface area contributed by atoms with Crippen molar-refractivity contribution >= 4 is 27.5 Å². The van der Waals surface area contributed by atoms with Crippen LogP contribution in [0, 0.1) is 0 Å². The number of aromatic nitrogens is 2. The van der Waals surface area contributed by atoms with E-state index in [1.165, 1.54) is 6.20 Å². The molecule has 0 unspecified atom stereocenters. The number of hydrogen-bond acceptors (Lipinski definition) is 4. The van der Waals surface area contributed by atoms with E-state index in [0.717, 1.165) is 0 Å². The lowest BCUT2D eigenvalue weighted by atomic mass is 10.1. The van der Waals surface area contributed by atoms with E-state index in [9.17, 15) is 9.59 Å². The first-order valence-corrected chi connectivity index (χ1v) is 5.87. The van der Waals surface area contributed by atoms with E-state index in [-0.39, 0.29) is 23.6 Å². The third-order valence-electron chi connectivity index (χ3n) is 1.75. The molecular formula is C10H15BrN4O2. The first-order chi connectivity index (χ1) is 7.79. The number of amides is 1. The van der Waals surface area contributed by atoms with E-state index in [1.807, 2.05) is 20.8 Å². The molecule has 0 bridgehead atoms. The molecule has 94 valence electrons. The summed E-state index contributed by atoms with van der Waals surface area (Å²) >= 11 is 3.11. The number of rotatable bonds is 3. The van der Waals surface area contributed by atoms with Crippen LogP contribution in [-0.4, -0.2) is 28.2 Å². The lowest BCUT2D eigenvalue weighted by Gasteiger charge is -2.20. The quantitative estimate of drug-likeness (QED) is 0.773. The van der Waals surface area contributed by atoms with Gasteiger partial charge in [-0.3, -0.25) is 9.59 Å². The maximum Gasteiger partial charge on any atom is 0.280 e. The molecule has 7 heteroatoms. The van der Waals surface area contributed by atoms with E-state index in [0.29, 0.717) is 10.2 Å². The average molecular weight is 303 g/mol. The van der Waals surface area contributed by atoms with Crippen molar-refractivity contribution in [3.8, 4) is 0 Å². The molecule has 17 heavy (non-hydrogen) atoms. The maximum atomic E-state index is 11.5. The number of carbonyl (C=O) groups is 1. The molecule has 0 atom stereocenters. The summed E-state index contributed by atoms with van der Waals surface area (Å²) in [5, 5.41) is 11.5. The van der Waals surface area contributed by atoms with Gasteiger partial charge in [-0.25, -0.2) is 5.10 Å². The molecular weight excluding hydrogens is 288 g/mol. The summed E-state index contributed by atoms with van der Waals surface area (Å²) < 4.78 is 0.330. The van der Waals surface area contributed by atoms with Crippen molar-refractivity contribution in [3.63, 3.8) is 0 Å². The smallest absolute Gasteiger partial charge is 0.280 e. The second-order valence-electron chi connectivity index (χ2n) is 4.58. The number of carbonyl (C=O) groups excluding carboxylic acids is 1.